The fourth-order valence-electron chi connectivity index (χ4n) is 2.09. The molecule has 0 aliphatic heterocycles. The Kier molecular flexibility index (Phi) is 3.80. The first-order valence-corrected chi connectivity index (χ1v) is 6.01. The summed E-state index contributed by atoms with van der Waals surface area (Å²) in [7, 11) is 0. The highest BCUT2D eigenvalue weighted by Gasteiger charge is 2.35. The third-order valence-corrected chi connectivity index (χ3v) is 3.13. The molecule has 1 aromatic carbocycles. The number of aliphatic hydroxyl groups excluding tert-OH is 1. The summed E-state index contributed by atoms with van der Waals surface area (Å²) in [5.74, 6) is 0. The van der Waals surface area contributed by atoms with Crippen LogP contribution in [0.4, 0.5) is 18.9 Å². The maximum Gasteiger partial charge on any atom is 0.417 e. The minimum atomic E-state index is -4.55. The molecule has 1 aliphatic rings. The van der Waals surface area contributed by atoms with Crippen LogP contribution in [0.2, 0.25) is 0 Å². The molecule has 0 heterocycles. The van der Waals surface area contributed by atoms with Gasteiger partial charge in [0.25, 0.3) is 0 Å². The zero-order chi connectivity index (χ0) is 14.0. The molecule has 6 heteroatoms. The lowest BCUT2D eigenvalue weighted by Gasteiger charge is -2.25. The molecule has 1 saturated carbocycles. The van der Waals surface area contributed by atoms with E-state index in [9.17, 15) is 18.0 Å². The molecule has 0 unspecified atom stereocenters. The number of aldehydes is 1. The van der Waals surface area contributed by atoms with Gasteiger partial charge in [-0.3, -0.25) is 4.79 Å². The Labute approximate surface area is 108 Å². The minimum Gasteiger partial charge on any atom is -0.395 e. The normalized spacial score (nSPS) is 15.4. The molecule has 0 bridgehead atoms. The zero-order valence-electron chi connectivity index (χ0n) is 10.2. The SMILES string of the molecule is O=Cc1ccc(N(CCO)C2CC2)cc1C(F)(F)F. The van der Waals surface area contributed by atoms with Gasteiger partial charge in [-0.1, -0.05) is 0 Å². The highest BCUT2D eigenvalue weighted by Crippen LogP contribution is 2.37. The fraction of sp³-hybridized carbons (Fsp3) is 0.462. The second-order valence-electron chi connectivity index (χ2n) is 4.54. The predicted molar refractivity (Wildman–Crippen MR) is 64.3 cm³/mol. The average molecular weight is 273 g/mol. The van der Waals surface area contributed by atoms with E-state index >= 15 is 0 Å². The van der Waals surface area contributed by atoms with Crippen LogP contribution < -0.4 is 4.90 Å². The second-order valence-corrected chi connectivity index (χ2v) is 4.54. The number of aliphatic hydroxyl groups is 1. The van der Waals surface area contributed by atoms with Crippen LogP contribution >= 0.6 is 0 Å². The molecule has 0 saturated heterocycles. The van der Waals surface area contributed by atoms with Crippen LogP contribution in [0, 0.1) is 0 Å². The number of rotatable bonds is 5. The standard InChI is InChI=1S/C13H14F3NO2/c14-13(15,16)12-7-11(2-1-9(12)8-19)17(5-6-18)10-3-4-10/h1-2,7-8,10,18H,3-6H2. The van der Waals surface area contributed by atoms with Crippen molar-refractivity contribution in [3.63, 3.8) is 0 Å². The van der Waals surface area contributed by atoms with Gasteiger partial charge in [-0.15, -0.1) is 0 Å². The van der Waals surface area contributed by atoms with E-state index in [1.807, 2.05) is 0 Å². The fourth-order valence-corrected chi connectivity index (χ4v) is 2.09. The summed E-state index contributed by atoms with van der Waals surface area (Å²) in [6.07, 6.45) is -2.52. The Hall–Kier alpha value is -1.56. The lowest BCUT2D eigenvalue weighted by atomic mass is 10.1. The first kappa shape index (κ1) is 13.9. The van der Waals surface area contributed by atoms with Gasteiger partial charge in [0, 0.05) is 23.8 Å². The number of carbonyl (C=O) groups is 1. The van der Waals surface area contributed by atoms with Gasteiger partial charge in [-0.25, -0.2) is 0 Å². The van der Waals surface area contributed by atoms with E-state index in [1.54, 1.807) is 4.90 Å². The van der Waals surface area contributed by atoms with E-state index in [1.165, 1.54) is 12.1 Å². The lowest BCUT2D eigenvalue weighted by molar-refractivity contribution is -0.137. The molecule has 0 atom stereocenters. The number of carbonyl (C=O) groups excluding carboxylic acids is 1. The highest BCUT2D eigenvalue weighted by molar-refractivity contribution is 5.79. The predicted octanol–water partition coefficient (Wildman–Crippen LogP) is 2.48. The third kappa shape index (κ3) is 3.07. The van der Waals surface area contributed by atoms with Crippen molar-refractivity contribution in [3.05, 3.63) is 29.3 Å². The van der Waals surface area contributed by atoms with Crippen molar-refractivity contribution >= 4 is 12.0 Å². The number of alkyl halides is 3. The summed E-state index contributed by atoms with van der Waals surface area (Å²) < 4.78 is 38.6. The molecular weight excluding hydrogens is 259 g/mol. The molecule has 1 aliphatic carbocycles. The maximum absolute atomic E-state index is 12.9. The van der Waals surface area contributed by atoms with E-state index in [0.29, 0.717) is 12.2 Å². The molecule has 1 aromatic rings. The van der Waals surface area contributed by atoms with E-state index in [4.69, 9.17) is 5.11 Å². The van der Waals surface area contributed by atoms with Crippen LogP contribution in [0.25, 0.3) is 0 Å². The van der Waals surface area contributed by atoms with Crippen molar-refractivity contribution in [2.45, 2.75) is 25.1 Å². The summed E-state index contributed by atoms with van der Waals surface area (Å²) in [6, 6.07) is 3.85. The molecule has 1 fully saturated rings. The molecule has 0 aromatic heterocycles. The number of benzene rings is 1. The van der Waals surface area contributed by atoms with Gasteiger partial charge in [0.15, 0.2) is 6.29 Å². The van der Waals surface area contributed by atoms with Gasteiger partial charge in [0.05, 0.1) is 12.2 Å². The Balaban J connectivity index is 2.38. The summed E-state index contributed by atoms with van der Waals surface area (Å²) >= 11 is 0. The topological polar surface area (TPSA) is 40.5 Å². The van der Waals surface area contributed by atoms with Crippen LogP contribution in [0.15, 0.2) is 18.2 Å². The maximum atomic E-state index is 12.9. The Morgan fingerprint density at radius 3 is 2.53 bits per heavy atom. The summed E-state index contributed by atoms with van der Waals surface area (Å²) in [5, 5.41) is 8.98. The van der Waals surface area contributed by atoms with Crippen molar-refractivity contribution in [1.82, 2.24) is 0 Å². The average Bonchev–Trinajstić information content (AvgIpc) is 3.18. The Morgan fingerprint density at radius 2 is 2.05 bits per heavy atom. The Morgan fingerprint density at radius 1 is 1.37 bits per heavy atom. The van der Waals surface area contributed by atoms with Gasteiger partial charge in [-0.05, 0) is 31.0 Å². The number of anilines is 1. The first-order valence-electron chi connectivity index (χ1n) is 6.01. The van der Waals surface area contributed by atoms with Gasteiger partial charge in [-0.2, -0.15) is 13.2 Å². The van der Waals surface area contributed by atoms with Crippen LogP contribution in [0.3, 0.4) is 0 Å². The third-order valence-electron chi connectivity index (χ3n) is 3.13. The van der Waals surface area contributed by atoms with Crippen molar-refractivity contribution in [2.24, 2.45) is 0 Å². The van der Waals surface area contributed by atoms with Crippen LogP contribution in [-0.4, -0.2) is 30.6 Å². The van der Waals surface area contributed by atoms with Crippen LogP contribution in [0.5, 0.6) is 0 Å². The number of hydrogen-bond donors (Lipinski definition) is 1. The number of nitrogens with zero attached hydrogens (tertiary/aromatic N) is 1. The van der Waals surface area contributed by atoms with Crippen molar-refractivity contribution in [1.29, 1.82) is 0 Å². The van der Waals surface area contributed by atoms with Gasteiger partial charge in [0.1, 0.15) is 0 Å². The lowest BCUT2D eigenvalue weighted by Crippen LogP contribution is -2.29. The van der Waals surface area contributed by atoms with E-state index < -0.39 is 11.7 Å². The monoisotopic (exact) mass is 273 g/mol. The van der Waals surface area contributed by atoms with Crippen LogP contribution in [-0.2, 0) is 6.18 Å². The molecule has 0 radical (unpaired) electrons. The van der Waals surface area contributed by atoms with E-state index in [2.05, 4.69) is 0 Å². The van der Waals surface area contributed by atoms with E-state index in [0.717, 1.165) is 18.9 Å². The molecule has 3 nitrogen and oxygen atoms in total. The van der Waals surface area contributed by atoms with Gasteiger partial charge >= 0.3 is 6.18 Å². The largest absolute Gasteiger partial charge is 0.417 e. The molecule has 19 heavy (non-hydrogen) atoms. The Bertz CT molecular complexity index is 469. The van der Waals surface area contributed by atoms with E-state index in [-0.39, 0.29) is 24.5 Å². The number of halogens is 3. The molecular formula is C13H14F3NO2. The number of hydrogen-bond acceptors (Lipinski definition) is 3. The van der Waals surface area contributed by atoms with Crippen molar-refractivity contribution in [2.75, 3.05) is 18.1 Å². The molecule has 2 rings (SSSR count). The first-order chi connectivity index (χ1) is 8.97. The molecule has 0 amide bonds. The second kappa shape index (κ2) is 5.21. The zero-order valence-corrected chi connectivity index (χ0v) is 10.2. The molecule has 0 spiro atoms. The van der Waals surface area contributed by atoms with Crippen molar-refractivity contribution < 1.29 is 23.1 Å². The van der Waals surface area contributed by atoms with Gasteiger partial charge < -0.3 is 10.0 Å². The van der Waals surface area contributed by atoms with Crippen LogP contribution in [0.1, 0.15) is 28.8 Å². The molecule has 1 N–H and O–H groups in total. The summed E-state index contributed by atoms with van der Waals surface area (Å²) in [4.78, 5) is 12.4. The quantitative estimate of drug-likeness (QED) is 0.838. The molecule has 104 valence electrons. The van der Waals surface area contributed by atoms with Gasteiger partial charge in [0.2, 0.25) is 0 Å². The highest BCUT2D eigenvalue weighted by atomic mass is 19.4. The summed E-state index contributed by atoms with van der Waals surface area (Å²) in [5.41, 5.74) is -0.894. The summed E-state index contributed by atoms with van der Waals surface area (Å²) in [6.45, 7) is 0.176. The smallest absolute Gasteiger partial charge is 0.395 e. The minimum absolute atomic E-state index is 0.118. The van der Waals surface area contributed by atoms with Crippen molar-refractivity contribution in [3.8, 4) is 0 Å².